The molecular weight excluding hydrogens is 172 g/mol. The molecule has 0 aliphatic heterocycles. The van der Waals surface area contributed by atoms with Crippen LogP contribution in [-0.4, -0.2) is 6.61 Å². The van der Waals surface area contributed by atoms with E-state index in [9.17, 15) is 0 Å². The van der Waals surface area contributed by atoms with Crippen LogP contribution in [0.2, 0.25) is 0 Å². The van der Waals surface area contributed by atoms with Crippen LogP contribution in [0.25, 0.3) is 0 Å². The molecule has 0 fully saturated rings. The Morgan fingerprint density at radius 2 is 1.93 bits per heavy atom. The van der Waals surface area contributed by atoms with Gasteiger partial charge in [0.15, 0.2) is 0 Å². The van der Waals surface area contributed by atoms with Crippen molar-refractivity contribution < 1.29 is 4.74 Å². The molecule has 0 radical (unpaired) electrons. The molecule has 1 atom stereocenters. The van der Waals surface area contributed by atoms with Gasteiger partial charge >= 0.3 is 0 Å². The predicted molar refractivity (Wildman–Crippen MR) is 63.2 cm³/mol. The second-order valence-corrected chi connectivity index (χ2v) is 4.71. The van der Waals surface area contributed by atoms with E-state index in [-0.39, 0.29) is 0 Å². The molecule has 0 aromatic carbocycles. The van der Waals surface area contributed by atoms with Gasteiger partial charge in [0, 0.05) is 6.42 Å². The van der Waals surface area contributed by atoms with Gasteiger partial charge in [0.1, 0.15) is 0 Å². The summed E-state index contributed by atoms with van der Waals surface area (Å²) in [5.74, 6) is 1.62. The Labute approximate surface area is 89.5 Å². The molecule has 0 bridgehead atoms. The van der Waals surface area contributed by atoms with Gasteiger partial charge in [-0.2, -0.15) is 0 Å². The number of rotatable bonds is 7. The maximum absolute atomic E-state index is 5.44. The maximum Gasteiger partial charge on any atom is 0.0893 e. The van der Waals surface area contributed by atoms with Crippen molar-refractivity contribution in [1.29, 1.82) is 0 Å². The Bertz CT molecular complexity index is 172. The molecule has 0 saturated heterocycles. The Hall–Kier alpha value is -0.460. The molecule has 0 aliphatic carbocycles. The Balaban J connectivity index is 4.28. The largest absolute Gasteiger partial charge is 0.499 e. The zero-order valence-electron chi connectivity index (χ0n) is 10.5. The lowest BCUT2D eigenvalue weighted by Crippen LogP contribution is -2.24. The lowest BCUT2D eigenvalue weighted by molar-refractivity contribution is 0.136. The summed E-state index contributed by atoms with van der Waals surface area (Å²) in [5.41, 5.74) is 0.348. The highest BCUT2D eigenvalue weighted by molar-refractivity contribution is 4.92. The first kappa shape index (κ1) is 13.5. The van der Waals surface area contributed by atoms with Crippen LogP contribution < -0.4 is 0 Å². The Morgan fingerprint density at radius 1 is 1.36 bits per heavy atom. The standard InChI is InChI=1S/C13H26O/c1-7-9-13(6,11(3)4)10-12(5)14-8-2/h11H,5,7-10H2,1-4,6H3. The topological polar surface area (TPSA) is 9.23 Å². The minimum Gasteiger partial charge on any atom is -0.499 e. The maximum atomic E-state index is 5.44. The van der Waals surface area contributed by atoms with Crippen LogP contribution in [0.5, 0.6) is 0 Å². The lowest BCUT2D eigenvalue weighted by Gasteiger charge is -2.34. The predicted octanol–water partition coefficient (Wildman–Crippen LogP) is 4.39. The van der Waals surface area contributed by atoms with E-state index in [0.717, 1.165) is 18.8 Å². The molecule has 1 unspecified atom stereocenters. The smallest absolute Gasteiger partial charge is 0.0893 e. The highest BCUT2D eigenvalue weighted by atomic mass is 16.5. The van der Waals surface area contributed by atoms with Gasteiger partial charge in [-0.3, -0.25) is 0 Å². The van der Waals surface area contributed by atoms with E-state index in [1.54, 1.807) is 0 Å². The summed E-state index contributed by atoms with van der Waals surface area (Å²) in [6, 6.07) is 0. The van der Waals surface area contributed by atoms with Crippen LogP contribution >= 0.6 is 0 Å². The van der Waals surface area contributed by atoms with Crippen molar-refractivity contribution in [1.82, 2.24) is 0 Å². The zero-order chi connectivity index (χ0) is 11.2. The third-order valence-electron chi connectivity index (χ3n) is 3.16. The molecule has 1 heteroatoms. The summed E-state index contributed by atoms with van der Waals surface area (Å²) in [6.45, 7) is 15.9. The fraction of sp³-hybridized carbons (Fsp3) is 0.846. The fourth-order valence-electron chi connectivity index (χ4n) is 1.86. The number of allylic oxidation sites excluding steroid dienone is 1. The Morgan fingerprint density at radius 3 is 2.29 bits per heavy atom. The molecule has 0 saturated carbocycles. The fourth-order valence-corrected chi connectivity index (χ4v) is 1.86. The zero-order valence-corrected chi connectivity index (χ0v) is 10.5. The monoisotopic (exact) mass is 198 g/mol. The van der Waals surface area contributed by atoms with Crippen molar-refractivity contribution in [3.8, 4) is 0 Å². The molecule has 0 rings (SSSR count). The van der Waals surface area contributed by atoms with Crippen molar-refractivity contribution in [2.75, 3.05) is 6.61 Å². The van der Waals surface area contributed by atoms with Crippen molar-refractivity contribution in [3.63, 3.8) is 0 Å². The molecule has 0 aliphatic rings. The van der Waals surface area contributed by atoms with Crippen LogP contribution in [-0.2, 0) is 4.74 Å². The Kier molecular flexibility index (Phi) is 5.90. The summed E-state index contributed by atoms with van der Waals surface area (Å²) >= 11 is 0. The van der Waals surface area contributed by atoms with Crippen LogP contribution in [0.3, 0.4) is 0 Å². The normalized spacial score (nSPS) is 15.3. The molecule has 84 valence electrons. The van der Waals surface area contributed by atoms with Crippen LogP contribution in [0.4, 0.5) is 0 Å². The number of hydrogen-bond acceptors (Lipinski definition) is 1. The molecule has 0 aromatic rings. The highest BCUT2D eigenvalue weighted by Crippen LogP contribution is 2.38. The van der Waals surface area contributed by atoms with Gasteiger partial charge in [0.05, 0.1) is 12.4 Å². The van der Waals surface area contributed by atoms with E-state index in [1.807, 2.05) is 6.92 Å². The van der Waals surface area contributed by atoms with Gasteiger partial charge in [0.2, 0.25) is 0 Å². The molecule has 1 nitrogen and oxygen atoms in total. The average molecular weight is 198 g/mol. The van der Waals surface area contributed by atoms with Gasteiger partial charge in [0.25, 0.3) is 0 Å². The summed E-state index contributed by atoms with van der Waals surface area (Å²) in [7, 11) is 0. The highest BCUT2D eigenvalue weighted by Gasteiger charge is 2.28. The molecule has 0 amide bonds. The molecule has 0 aromatic heterocycles. The summed E-state index contributed by atoms with van der Waals surface area (Å²) in [4.78, 5) is 0. The third-order valence-corrected chi connectivity index (χ3v) is 3.16. The molecule has 14 heavy (non-hydrogen) atoms. The van der Waals surface area contributed by atoms with Gasteiger partial charge < -0.3 is 4.74 Å². The van der Waals surface area contributed by atoms with Gasteiger partial charge in [-0.1, -0.05) is 40.7 Å². The average Bonchev–Trinajstić information content (AvgIpc) is 2.04. The van der Waals surface area contributed by atoms with Crippen molar-refractivity contribution in [2.24, 2.45) is 11.3 Å². The SMILES string of the molecule is C=C(CC(C)(CCC)C(C)C)OCC. The van der Waals surface area contributed by atoms with E-state index < -0.39 is 0 Å². The van der Waals surface area contributed by atoms with E-state index in [0.29, 0.717) is 11.3 Å². The quantitative estimate of drug-likeness (QED) is 0.551. The van der Waals surface area contributed by atoms with Gasteiger partial charge in [-0.05, 0) is 24.7 Å². The van der Waals surface area contributed by atoms with Crippen molar-refractivity contribution in [3.05, 3.63) is 12.3 Å². The minimum absolute atomic E-state index is 0.348. The van der Waals surface area contributed by atoms with E-state index in [2.05, 4.69) is 34.3 Å². The van der Waals surface area contributed by atoms with Crippen molar-refractivity contribution >= 4 is 0 Å². The van der Waals surface area contributed by atoms with Crippen LogP contribution in [0, 0.1) is 11.3 Å². The number of hydrogen-bond donors (Lipinski definition) is 0. The van der Waals surface area contributed by atoms with E-state index in [1.165, 1.54) is 12.8 Å². The summed E-state index contributed by atoms with van der Waals surface area (Å²) in [5, 5.41) is 0. The second kappa shape index (κ2) is 6.10. The summed E-state index contributed by atoms with van der Waals surface area (Å²) < 4.78 is 5.44. The molecular formula is C13H26O. The van der Waals surface area contributed by atoms with Crippen molar-refractivity contribution in [2.45, 2.75) is 53.9 Å². The van der Waals surface area contributed by atoms with Gasteiger partial charge in [-0.15, -0.1) is 0 Å². The third kappa shape index (κ3) is 4.17. The first-order valence-electron chi connectivity index (χ1n) is 5.76. The lowest BCUT2D eigenvalue weighted by atomic mass is 9.73. The first-order chi connectivity index (χ1) is 6.46. The second-order valence-electron chi connectivity index (χ2n) is 4.71. The summed E-state index contributed by atoms with van der Waals surface area (Å²) in [6.07, 6.45) is 3.47. The van der Waals surface area contributed by atoms with E-state index >= 15 is 0 Å². The van der Waals surface area contributed by atoms with Gasteiger partial charge in [-0.25, -0.2) is 0 Å². The molecule has 0 N–H and O–H groups in total. The van der Waals surface area contributed by atoms with Crippen LogP contribution in [0.1, 0.15) is 53.9 Å². The molecule has 0 spiro atoms. The van der Waals surface area contributed by atoms with Crippen LogP contribution in [0.15, 0.2) is 12.3 Å². The molecule has 0 heterocycles. The minimum atomic E-state index is 0.348. The van der Waals surface area contributed by atoms with E-state index in [4.69, 9.17) is 4.74 Å². The number of ether oxygens (including phenoxy) is 1. The first-order valence-corrected chi connectivity index (χ1v) is 5.76.